The van der Waals surface area contributed by atoms with E-state index in [1.165, 1.54) is 6.07 Å². The summed E-state index contributed by atoms with van der Waals surface area (Å²) < 4.78 is 36.7. The van der Waals surface area contributed by atoms with E-state index in [0.717, 1.165) is 31.3 Å². The molecule has 0 saturated heterocycles. The quantitative estimate of drug-likeness (QED) is 0.590. The number of sulfonamides is 1. The Bertz CT molecular complexity index is 1240. The first kappa shape index (κ1) is 21.4. The van der Waals surface area contributed by atoms with Crippen LogP contribution in [0.25, 0.3) is 11.1 Å². The van der Waals surface area contributed by atoms with Gasteiger partial charge in [0.05, 0.1) is 0 Å². The van der Waals surface area contributed by atoms with Gasteiger partial charge in [0.1, 0.15) is 5.52 Å². The lowest BCUT2D eigenvalue weighted by Crippen LogP contribution is -2.37. The molecule has 0 unspecified atom stereocenters. The largest absolute Gasteiger partial charge is 0.440 e. The maximum absolute atomic E-state index is 12.4. The summed E-state index contributed by atoms with van der Waals surface area (Å²) in [6.07, 6.45) is 3.00. The molecule has 0 aliphatic heterocycles. The molecule has 0 radical (unpaired) electrons. The molecule has 1 fully saturated rings. The Balaban J connectivity index is 1.35. The van der Waals surface area contributed by atoms with Gasteiger partial charge in [-0.25, -0.2) is 9.71 Å². The second kappa shape index (κ2) is 8.35. The Hall–Kier alpha value is -2.85. The summed E-state index contributed by atoms with van der Waals surface area (Å²) in [5.74, 6) is -0.578. The number of amides is 2. The fraction of sp³-hybridized carbons (Fsp3) is 0.350. The monoisotopic (exact) mass is 465 g/mol. The Morgan fingerprint density at radius 3 is 2.55 bits per heavy atom. The van der Waals surface area contributed by atoms with Crippen molar-refractivity contribution >= 4 is 44.5 Å². The Morgan fingerprint density at radius 1 is 1.10 bits per heavy atom. The van der Waals surface area contributed by atoms with Gasteiger partial charge in [0.2, 0.25) is 11.0 Å². The summed E-state index contributed by atoms with van der Waals surface area (Å²) in [6.45, 7) is 1.07. The summed E-state index contributed by atoms with van der Waals surface area (Å²) in [4.78, 5) is 28.0. The fourth-order valence-electron chi connectivity index (χ4n) is 3.66. The Labute approximate surface area is 183 Å². The van der Waals surface area contributed by atoms with Crippen LogP contribution < -0.4 is 10.0 Å². The van der Waals surface area contributed by atoms with Crippen LogP contribution in [0.4, 0.5) is 0 Å². The highest BCUT2D eigenvalue weighted by atomic mass is 35.5. The maximum atomic E-state index is 12.4. The molecule has 2 aromatic heterocycles. The van der Waals surface area contributed by atoms with Crippen molar-refractivity contribution in [1.29, 1.82) is 0 Å². The van der Waals surface area contributed by atoms with E-state index in [9.17, 15) is 18.0 Å². The van der Waals surface area contributed by atoms with Gasteiger partial charge >= 0.3 is 0 Å². The molecule has 1 aliphatic carbocycles. The lowest BCUT2D eigenvalue weighted by atomic mass is 9.86. The van der Waals surface area contributed by atoms with Crippen molar-refractivity contribution < 1.29 is 26.8 Å². The second-order valence-electron chi connectivity index (χ2n) is 7.47. The van der Waals surface area contributed by atoms with Gasteiger partial charge < -0.3 is 14.2 Å². The summed E-state index contributed by atoms with van der Waals surface area (Å²) in [7, 11) is -4.13. The first-order valence-corrected chi connectivity index (χ1v) is 11.6. The van der Waals surface area contributed by atoms with E-state index in [4.69, 9.17) is 20.4 Å². The minimum Gasteiger partial charge on any atom is -0.440 e. The van der Waals surface area contributed by atoms with Gasteiger partial charge in [-0.2, -0.15) is 8.42 Å². The van der Waals surface area contributed by atoms with Crippen LogP contribution in [0.15, 0.2) is 44.3 Å². The molecule has 1 saturated carbocycles. The van der Waals surface area contributed by atoms with Crippen LogP contribution in [0.5, 0.6) is 0 Å². The first-order chi connectivity index (χ1) is 14.7. The van der Waals surface area contributed by atoms with Gasteiger partial charge in [-0.3, -0.25) is 9.59 Å². The molecule has 31 heavy (non-hydrogen) atoms. The van der Waals surface area contributed by atoms with Crippen LogP contribution in [0.1, 0.15) is 55.0 Å². The summed E-state index contributed by atoms with van der Waals surface area (Å²) in [6, 6.07) is 7.63. The highest BCUT2D eigenvalue weighted by Crippen LogP contribution is 2.34. The van der Waals surface area contributed by atoms with E-state index in [-0.39, 0.29) is 17.7 Å². The van der Waals surface area contributed by atoms with Crippen LogP contribution in [0.3, 0.4) is 0 Å². The number of oxazole rings is 1. The second-order valence-corrected chi connectivity index (χ2v) is 9.52. The van der Waals surface area contributed by atoms with Gasteiger partial charge in [-0.05, 0) is 56.0 Å². The van der Waals surface area contributed by atoms with Crippen molar-refractivity contribution in [3.05, 3.63) is 47.0 Å². The lowest BCUT2D eigenvalue weighted by molar-refractivity contribution is -0.117. The average Bonchev–Trinajstić information content (AvgIpc) is 3.35. The topological polar surface area (TPSA) is 132 Å². The molecule has 1 aromatic carbocycles. The zero-order chi connectivity index (χ0) is 22.2. The van der Waals surface area contributed by atoms with Gasteiger partial charge in [-0.1, -0.05) is 11.6 Å². The molecule has 9 nitrogen and oxygen atoms in total. The van der Waals surface area contributed by atoms with Crippen LogP contribution in [-0.2, 0) is 14.8 Å². The minimum absolute atomic E-state index is 0.0805. The number of aromatic nitrogens is 1. The molecular formula is C20H20ClN3O6S. The Morgan fingerprint density at radius 2 is 1.84 bits per heavy atom. The van der Waals surface area contributed by atoms with Gasteiger partial charge in [0, 0.05) is 23.9 Å². The van der Waals surface area contributed by atoms with Crippen molar-refractivity contribution in [2.24, 2.45) is 0 Å². The first-order valence-electron chi connectivity index (χ1n) is 9.71. The standard InChI is InChI=1S/C20H20ClN3O6S/c1-11(25)24-31(27,28)18-9-8-17(29-18)19(26)22-14-5-2-12(3-6-14)20-23-15-10-13(21)4-7-16(15)30-20/h4,7-10,12,14H,2-3,5-6H2,1H3,(H,22,26)(H,24,25). The number of furan rings is 1. The molecule has 2 N–H and O–H groups in total. The van der Waals surface area contributed by atoms with Crippen LogP contribution in [0, 0.1) is 0 Å². The van der Waals surface area contributed by atoms with Gasteiger partial charge in [0.15, 0.2) is 17.2 Å². The van der Waals surface area contributed by atoms with E-state index in [1.807, 2.05) is 0 Å². The van der Waals surface area contributed by atoms with Gasteiger partial charge in [-0.15, -0.1) is 0 Å². The number of benzene rings is 1. The lowest BCUT2D eigenvalue weighted by Gasteiger charge is -2.27. The molecule has 1 aliphatic rings. The van der Waals surface area contributed by atoms with Crippen molar-refractivity contribution in [2.45, 2.75) is 49.7 Å². The smallest absolute Gasteiger partial charge is 0.297 e. The number of carbonyl (C=O) groups excluding carboxylic acids is 2. The number of nitrogens with one attached hydrogen (secondary N) is 2. The number of fused-ring (bicyclic) bond motifs is 1. The SMILES string of the molecule is CC(=O)NS(=O)(=O)c1ccc(C(=O)NC2CCC(c3nc4cc(Cl)ccc4o3)CC2)o1. The average molecular weight is 466 g/mol. The highest BCUT2D eigenvalue weighted by Gasteiger charge is 2.28. The summed E-state index contributed by atoms with van der Waals surface area (Å²) in [5, 5.41) is 2.97. The number of carbonyl (C=O) groups is 2. The molecule has 0 atom stereocenters. The van der Waals surface area contributed by atoms with E-state index in [2.05, 4.69) is 10.3 Å². The van der Waals surface area contributed by atoms with Crippen molar-refractivity contribution in [3.63, 3.8) is 0 Å². The molecule has 11 heteroatoms. The minimum atomic E-state index is -4.13. The van der Waals surface area contributed by atoms with Crippen molar-refractivity contribution in [2.75, 3.05) is 0 Å². The third-order valence-electron chi connectivity index (χ3n) is 5.13. The van der Waals surface area contributed by atoms with Crippen LogP contribution in [-0.4, -0.2) is 31.3 Å². The number of rotatable bonds is 5. The van der Waals surface area contributed by atoms with E-state index in [0.29, 0.717) is 29.3 Å². The Kier molecular flexibility index (Phi) is 5.76. The third kappa shape index (κ3) is 4.75. The normalized spacial score (nSPS) is 19.3. The molecule has 2 heterocycles. The molecule has 3 aromatic rings. The number of nitrogens with zero attached hydrogens (tertiary/aromatic N) is 1. The molecule has 0 spiro atoms. The molecule has 0 bridgehead atoms. The van der Waals surface area contributed by atoms with Crippen LogP contribution in [0.2, 0.25) is 5.02 Å². The summed E-state index contributed by atoms with van der Waals surface area (Å²) >= 11 is 6.00. The molecule has 2 amide bonds. The molecular weight excluding hydrogens is 446 g/mol. The van der Waals surface area contributed by atoms with Gasteiger partial charge in [0.25, 0.3) is 15.9 Å². The maximum Gasteiger partial charge on any atom is 0.297 e. The third-order valence-corrected chi connectivity index (χ3v) is 6.67. The van der Waals surface area contributed by atoms with E-state index in [1.54, 1.807) is 22.9 Å². The van der Waals surface area contributed by atoms with Crippen molar-refractivity contribution in [1.82, 2.24) is 15.0 Å². The summed E-state index contributed by atoms with van der Waals surface area (Å²) in [5.41, 5.74) is 1.42. The van der Waals surface area contributed by atoms with Crippen molar-refractivity contribution in [3.8, 4) is 0 Å². The molecule has 164 valence electrons. The molecule has 4 rings (SSSR count). The van der Waals surface area contributed by atoms with E-state index >= 15 is 0 Å². The predicted molar refractivity (Wildman–Crippen MR) is 111 cm³/mol. The van der Waals surface area contributed by atoms with Crippen LogP contribution >= 0.6 is 11.6 Å². The predicted octanol–water partition coefficient (Wildman–Crippen LogP) is 3.36. The number of halogens is 1. The zero-order valence-corrected chi connectivity index (χ0v) is 18.1. The fourth-order valence-corrected chi connectivity index (χ4v) is 4.75. The number of hydrogen-bond donors (Lipinski definition) is 2. The zero-order valence-electron chi connectivity index (χ0n) is 16.6. The van der Waals surface area contributed by atoms with E-state index < -0.39 is 26.9 Å². The highest BCUT2D eigenvalue weighted by molar-refractivity contribution is 7.89. The number of hydrogen-bond acceptors (Lipinski definition) is 7.